The van der Waals surface area contributed by atoms with E-state index in [2.05, 4.69) is 10.2 Å². The van der Waals surface area contributed by atoms with E-state index in [9.17, 15) is 9.59 Å². The van der Waals surface area contributed by atoms with Crippen molar-refractivity contribution in [2.75, 3.05) is 51.8 Å². The number of para-hydroxylation sites is 1. The lowest BCUT2D eigenvalue weighted by molar-refractivity contribution is -0.134. The lowest BCUT2D eigenvalue weighted by atomic mass is 9.83. The molecule has 0 saturated carbocycles. The van der Waals surface area contributed by atoms with Gasteiger partial charge in [0.15, 0.2) is 0 Å². The largest absolute Gasteiger partial charge is 0.385 e. The minimum Gasteiger partial charge on any atom is -0.385 e. The van der Waals surface area contributed by atoms with Crippen LogP contribution in [-0.4, -0.2) is 79.0 Å². The van der Waals surface area contributed by atoms with Crippen molar-refractivity contribution in [3.8, 4) is 0 Å². The number of rotatable bonds is 9. The molecule has 0 spiro atoms. The minimum absolute atomic E-state index is 0.0134. The molecule has 0 bridgehead atoms. The van der Waals surface area contributed by atoms with E-state index in [1.807, 2.05) is 59.5 Å². The second-order valence-corrected chi connectivity index (χ2v) is 10.6. The number of methoxy groups -OCH3 is 1. The molecule has 7 heteroatoms. The molecule has 0 unspecified atom stereocenters. The van der Waals surface area contributed by atoms with Gasteiger partial charge in [-0.2, -0.15) is 0 Å². The molecule has 3 aliphatic heterocycles. The van der Waals surface area contributed by atoms with Crippen molar-refractivity contribution >= 4 is 17.5 Å². The molecule has 0 aliphatic carbocycles. The average Bonchev–Trinajstić information content (AvgIpc) is 2.94. The molecular weight excluding hydrogens is 464 g/mol. The Kier molecular flexibility index (Phi) is 8.41. The fourth-order valence-electron chi connectivity index (χ4n) is 6.39. The highest BCUT2D eigenvalue weighted by Gasteiger charge is 2.37. The van der Waals surface area contributed by atoms with Crippen LogP contribution in [0.2, 0.25) is 0 Å². The van der Waals surface area contributed by atoms with Crippen LogP contribution in [0.3, 0.4) is 0 Å². The summed E-state index contributed by atoms with van der Waals surface area (Å²) in [5.41, 5.74) is 2.38. The van der Waals surface area contributed by atoms with Gasteiger partial charge in [-0.05, 0) is 68.8 Å². The molecule has 1 N–H and O–H groups in total. The van der Waals surface area contributed by atoms with Crippen molar-refractivity contribution in [1.29, 1.82) is 0 Å². The Balaban J connectivity index is 1.37. The summed E-state index contributed by atoms with van der Waals surface area (Å²) in [6, 6.07) is 18.1. The first-order chi connectivity index (χ1) is 18.2. The number of ether oxygens (including phenoxy) is 1. The van der Waals surface area contributed by atoms with E-state index in [0.717, 1.165) is 24.2 Å². The van der Waals surface area contributed by atoms with Gasteiger partial charge in [-0.25, -0.2) is 0 Å². The monoisotopic (exact) mass is 504 g/mol. The summed E-state index contributed by atoms with van der Waals surface area (Å²) < 4.78 is 5.31. The first kappa shape index (κ1) is 25.7. The van der Waals surface area contributed by atoms with Gasteiger partial charge in [0.25, 0.3) is 5.91 Å². The number of amides is 2. The zero-order valence-corrected chi connectivity index (χ0v) is 22.0. The van der Waals surface area contributed by atoms with E-state index in [1.54, 1.807) is 12.0 Å². The maximum Gasteiger partial charge on any atom is 0.258 e. The van der Waals surface area contributed by atoms with Gasteiger partial charge in [0, 0.05) is 38.5 Å². The quantitative estimate of drug-likeness (QED) is 0.514. The van der Waals surface area contributed by atoms with E-state index >= 15 is 0 Å². The third kappa shape index (κ3) is 5.83. The second kappa shape index (κ2) is 12.1. The van der Waals surface area contributed by atoms with E-state index < -0.39 is 6.17 Å². The highest BCUT2D eigenvalue weighted by molar-refractivity contribution is 6.03. The molecule has 5 rings (SSSR count). The van der Waals surface area contributed by atoms with Crippen molar-refractivity contribution in [3.63, 3.8) is 0 Å². The second-order valence-electron chi connectivity index (χ2n) is 10.6. The lowest BCUT2D eigenvalue weighted by Gasteiger charge is -2.46. The minimum atomic E-state index is -0.392. The Bertz CT molecular complexity index is 1060. The van der Waals surface area contributed by atoms with Crippen LogP contribution >= 0.6 is 0 Å². The fourth-order valence-corrected chi connectivity index (χ4v) is 6.39. The molecule has 7 nitrogen and oxygen atoms in total. The Morgan fingerprint density at radius 1 is 1.03 bits per heavy atom. The smallest absolute Gasteiger partial charge is 0.258 e. The molecule has 2 saturated heterocycles. The molecule has 3 atom stereocenters. The van der Waals surface area contributed by atoms with Crippen LogP contribution < -0.4 is 5.32 Å². The van der Waals surface area contributed by atoms with Crippen LogP contribution in [0.5, 0.6) is 0 Å². The van der Waals surface area contributed by atoms with Gasteiger partial charge < -0.3 is 24.8 Å². The third-order valence-corrected chi connectivity index (χ3v) is 8.26. The molecule has 198 valence electrons. The molecule has 3 heterocycles. The molecule has 2 aromatic carbocycles. The van der Waals surface area contributed by atoms with Gasteiger partial charge in [0.1, 0.15) is 12.7 Å². The highest BCUT2D eigenvalue weighted by Crippen LogP contribution is 2.34. The zero-order valence-electron chi connectivity index (χ0n) is 22.0. The summed E-state index contributed by atoms with van der Waals surface area (Å²) in [4.78, 5) is 34.0. The number of hydrogen-bond donors (Lipinski definition) is 1. The van der Waals surface area contributed by atoms with Crippen LogP contribution in [0, 0.1) is 5.92 Å². The van der Waals surface area contributed by atoms with Crippen LogP contribution in [0.1, 0.15) is 60.6 Å². The van der Waals surface area contributed by atoms with Gasteiger partial charge in [-0.15, -0.1) is 0 Å². The summed E-state index contributed by atoms with van der Waals surface area (Å²) >= 11 is 0. The molecular formula is C30H40N4O3. The Morgan fingerprint density at radius 3 is 2.65 bits per heavy atom. The zero-order chi connectivity index (χ0) is 25.6. The van der Waals surface area contributed by atoms with Crippen molar-refractivity contribution in [2.45, 2.75) is 50.7 Å². The maximum atomic E-state index is 13.9. The van der Waals surface area contributed by atoms with Crippen LogP contribution in [0.15, 0.2) is 54.6 Å². The summed E-state index contributed by atoms with van der Waals surface area (Å²) in [6.07, 6.45) is 6.55. The first-order valence-corrected chi connectivity index (χ1v) is 13.9. The molecule has 2 aromatic rings. The predicted molar refractivity (Wildman–Crippen MR) is 145 cm³/mol. The summed E-state index contributed by atoms with van der Waals surface area (Å²) in [5.74, 6) is 0.394. The SMILES string of the molecule is COCCCN(C[C@@H]1CCCN2CCCC[C@H]12)C(=O)CN1C(=O)c2ccccc2N[C@H]1c1ccccc1. The number of carbonyl (C=O) groups excluding carboxylic acids is 2. The standard InChI is InChI=1S/C30H40N4O3/c1-37-20-10-19-33(21-24-13-9-18-32-17-8-7-16-27(24)32)28(35)22-34-29(23-11-3-2-4-12-23)31-26-15-6-5-14-25(26)30(34)36/h2-6,11-12,14-15,24,27,29,31H,7-10,13,16-22H2,1H3/t24-,27+,29+/m0/s1. The van der Waals surface area contributed by atoms with Gasteiger partial charge in [0.05, 0.1) is 5.56 Å². The topological polar surface area (TPSA) is 65.1 Å². The summed E-state index contributed by atoms with van der Waals surface area (Å²) in [6.45, 7) is 4.45. The predicted octanol–water partition coefficient (Wildman–Crippen LogP) is 4.38. The third-order valence-electron chi connectivity index (χ3n) is 8.26. The van der Waals surface area contributed by atoms with Gasteiger partial charge >= 0.3 is 0 Å². The normalized spacial score (nSPS) is 23.6. The van der Waals surface area contributed by atoms with Crippen molar-refractivity contribution in [3.05, 3.63) is 65.7 Å². The van der Waals surface area contributed by atoms with Crippen molar-refractivity contribution in [2.24, 2.45) is 5.92 Å². The molecule has 0 radical (unpaired) electrons. The van der Waals surface area contributed by atoms with Gasteiger partial charge in [-0.1, -0.05) is 48.9 Å². The number of piperidine rings is 2. The van der Waals surface area contributed by atoms with Gasteiger partial charge in [-0.3, -0.25) is 9.59 Å². The molecule has 3 aliphatic rings. The lowest BCUT2D eigenvalue weighted by Crippen LogP contribution is -2.53. The number of hydrogen-bond acceptors (Lipinski definition) is 5. The Labute approximate surface area is 220 Å². The van der Waals surface area contributed by atoms with Gasteiger partial charge in [0.2, 0.25) is 5.91 Å². The molecule has 37 heavy (non-hydrogen) atoms. The van der Waals surface area contributed by atoms with Crippen LogP contribution in [0.25, 0.3) is 0 Å². The summed E-state index contributed by atoms with van der Waals surface area (Å²) in [5, 5.41) is 3.52. The maximum absolute atomic E-state index is 13.9. The number of nitrogens with zero attached hydrogens (tertiary/aromatic N) is 3. The van der Waals surface area contributed by atoms with E-state index in [0.29, 0.717) is 30.7 Å². The molecule has 0 aromatic heterocycles. The number of fused-ring (bicyclic) bond motifs is 2. The number of benzene rings is 2. The van der Waals surface area contributed by atoms with Crippen LogP contribution in [-0.2, 0) is 9.53 Å². The number of nitrogens with one attached hydrogen (secondary N) is 1. The van der Waals surface area contributed by atoms with E-state index in [1.165, 1.54) is 45.2 Å². The number of anilines is 1. The molecule has 2 amide bonds. The highest BCUT2D eigenvalue weighted by atomic mass is 16.5. The fraction of sp³-hybridized carbons (Fsp3) is 0.533. The average molecular weight is 505 g/mol. The molecule has 2 fully saturated rings. The first-order valence-electron chi connectivity index (χ1n) is 13.9. The number of carbonyl (C=O) groups is 2. The van der Waals surface area contributed by atoms with E-state index in [4.69, 9.17) is 4.74 Å². The van der Waals surface area contributed by atoms with E-state index in [-0.39, 0.29) is 18.4 Å². The van der Waals surface area contributed by atoms with Crippen molar-refractivity contribution in [1.82, 2.24) is 14.7 Å². The Morgan fingerprint density at radius 2 is 1.81 bits per heavy atom. The summed E-state index contributed by atoms with van der Waals surface area (Å²) in [7, 11) is 1.70. The Hall–Kier alpha value is -2.90. The van der Waals surface area contributed by atoms with Crippen LogP contribution in [0.4, 0.5) is 5.69 Å². The van der Waals surface area contributed by atoms with Crippen molar-refractivity contribution < 1.29 is 14.3 Å².